The van der Waals surface area contributed by atoms with Crippen LogP contribution in [0.5, 0.6) is 17.2 Å². The molecule has 0 fully saturated rings. The highest BCUT2D eigenvalue weighted by molar-refractivity contribution is 6.33. The van der Waals surface area contributed by atoms with Crippen molar-refractivity contribution in [2.45, 2.75) is 0 Å². The number of benzene rings is 2. The van der Waals surface area contributed by atoms with E-state index in [-0.39, 0.29) is 28.8 Å². The van der Waals surface area contributed by atoms with Gasteiger partial charge in [0.05, 0.1) is 15.5 Å². The Morgan fingerprint density at radius 3 is 2.73 bits per heavy atom. The van der Waals surface area contributed by atoms with E-state index in [9.17, 15) is 14.9 Å². The number of carbonyl (C=O) groups is 1. The van der Waals surface area contributed by atoms with Crippen molar-refractivity contribution in [3.8, 4) is 17.2 Å². The summed E-state index contributed by atoms with van der Waals surface area (Å²) >= 11 is 5.89. The lowest BCUT2D eigenvalue weighted by Crippen LogP contribution is -2.09. The molecular weight excluding hydrogens is 314 g/mol. The number of ether oxygens (including phenoxy) is 3. The Hall–Kier alpha value is -2.80. The predicted octanol–water partition coefficient (Wildman–Crippen LogP) is 3.20. The number of nitrogens with zero attached hydrogens (tertiary/aromatic N) is 1. The first-order chi connectivity index (χ1) is 10.5. The van der Waals surface area contributed by atoms with E-state index < -0.39 is 10.9 Å². The van der Waals surface area contributed by atoms with Crippen molar-refractivity contribution < 1.29 is 23.9 Å². The van der Waals surface area contributed by atoms with Gasteiger partial charge in [0, 0.05) is 18.2 Å². The van der Waals surface area contributed by atoms with Gasteiger partial charge in [-0.2, -0.15) is 0 Å². The van der Waals surface area contributed by atoms with Gasteiger partial charge < -0.3 is 14.2 Å². The summed E-state index contributed by atoms with van der Waals surface area (Å²) in [4.78, 5) is 22.2. The molecular formula is C14H8ClNO6. The Labute approximate surface area is 129 Å². The van der Waals surface area contributed by atoms with Crippen LogP contribution in [0.2, 0.25) is 5.02 Å². The molecule has 0 bridgehead atoms. The average molecular weight is 322 g/mol. The number of hydrogen-bond acceptors (Lipinski definition) is 6. The minimum Gasteiger partial charge on any atom is -0.454 e. The van der Waals surface area contributed by atoms with Crippen LogP contribution in [0, 0.1) is 10.1 Å². The van der Waals surface area contributed by atoms with E-state index in [2.05, 4.69) is 0 Å². The number of carbonyl (C=O) groups excluding carboxylic acids is 1. The number of non-ortho nitro benzene ring substituents is 1. The van der Waals surface area contributed by atoms with Crippen LogP contribution in [-0.2, 0) is 0 Å². The standard InChI is InChI=1S/C14H8ClNO6/c15-11-3-1-8(16(18)19)5-10(11)14(17)22-9-2-4-12-13(6-9)21-7-20-12/h1-6H,7H2. The lowest BCUT2D eigenvalue weighted by atomic mass is 10.2. The molecule has 7 nitrogen and oxygen atoms in total. The minimum atomic E-state index is -0.799. The summed E-state index contributed by atoms with van der Waals surface area (Å²) in [5.41, 5.74) is -0.337. The van der Waals surface area contributed by atoms with Crippen LogP contribution in [0.15, 0.2) is 36.4 Å². The molecule has 1 heterocycles. The van der Waals surface area contributed by atoms with Crippen LogP contribution in [0.4, 0.5) is 5.69 Å². The first-order valence-electron chi connectivity index (χ1n) is 6.10. The third kappa shape index (κ3) is 2.66. The summed E-state index contributed by atoms with van der Waals surface area (Å²) in [7, 11) is 0. The van der Waals surface area contributed by atoms with Gasteiger partial charge in [-0.05, 0) is 18.2 Å². The summed E-state index contributed by atoms with van der Waals surface area (Å²) in [6.07, 6.45) is 0. The first kappa shape index (κ1) is 14.2. The van der Waals surface area contributed by atoms with Crippen LogP contribution in [-0.4, -0.2) is 17.7 Å². The molecule has 1 aliphatic rings. The number of nitro benzene ring substituents is 1. The van der Waals surface area contributed by atoms with E-state index in [1.807, 2.05) is 0 Å². The summed E-state index contributed by atoms with van der Waals surface area (Å²) in [5.74, 6) is 0.424. The van der Waals surface area contributed by atoms with Crippen LogP contribution < -0.4 is 14.2 Å². The maximum Gasteiger partial charge on any atom is 0.345 e. The molecule has 1 aliphatic heterocycles. The molecule has 0 saturated carbocycles. The Bertz CT molecular complexity index is 776. The Balaban J connectivity index is 1.85. The zero-order valence-electron chi connectivity index (χ0n) is 10.9. The van der Waals surface area contributed by atoms with Crippen LogP contribution in [0.1, 0.15) is 10.4 Å². The molecule has 0 unspecified atom stereocenters. The second-order valence-corrected chi connectivity index (χ2v) is 4.73. The molecule has 0 spiro atoms. The van der Waals surface area contributed by atoms with Crippen molar-refractivity contribution in [2.75, 3.05) is 6.79 Å². The van der Waals surface area contributed by atoms with Gasteiger partial charge in [0.15, 0.2) is 11.5 Å². The van der Waals surface area contributed by atoms with Gasteiger partial charge in [0.2, 0.25) is 6.79 Å². The molecule has 8 heteroatoms. The highest BCUT2D eigenvalue weighted by Gasteiger charge is 2.19. The molecule has 22 heavy (non-hydrogen) atoms. The smallest absolute Gasteiger partial charge is 0.345 e. The van der Waals surface area contributed by atoms with Crippen LogP contribution in [0.25, 0.3) is 0 Å². The zero-order chi connectivity index (χ0) is 15.7. The fourth-order valence-electron chi connectivity index (χ4n) is 1.89. The van der Waals surface area contributed by atoms with Gasteiger partial charge in [-0.1, -0.05) is 11.6 Å². The van der Waals surface area contributed by atoms with Gasteiger partial charge in [-0.15, -0.1) is 0 Å². The normalized spacial score (nSPS) is 12.0. The summed E-state index contributed by atoms with van der Waals surface area (Å²) in [6.45, 7) is 0.101. The topological polar surface area (TPSA) is 87.9 Å². The van der Waals surface area contributed by atoms with E-state index in [0.29, 0.717) is 11.5 Å². The van der Waals surface area contributed by atoms with Gasteiger partial charge in [-0.3, -0.25) is 10.1 Å². The molecule has 2 aromatic carbocycles. The predicted molar refractivity (Wildman–Crippen MR) is 75.6 cm³/mol. The fraction of sp³-hybridized carbons (Fsp3) is 0.0714. The highest BCUT2D eigenvalue weighted by atomic mass is 35.5. The van der Waals surface area contributed by atoms with Crippen LogP contribution >= 0.6 is 11.6 Å². The second kappa shape index (κ2) is 5.53. The molecule has 2 aromatic rings. The summed E-state index contributed by atoms with van der Waals surface area (Å²) < 4.78 is 15.5. The molecule has 0 aromatic heterocycles. The molecule has 0 saturated heterocycles. The molecule has 0 N–H and O–H groups in total. The Morgan fingerprint density at radius 2 is 1.95 bits per heavy atom. The lowest BCUT2D eigenvalue weighted by molar-refractivity contribution is -0.384. The number of hydrogen-bond donors (Lipinski definition) is 0. The highest BCUT2D eigenvalue weighted by Crippen LogP contribution is 2.35. The van der Waals surface area contributed by atoms with Crippen LogP contribution in [0.3, 0.4) is 0 Å². The van der Waals surface area contributed by atoms with Gasteiger partial charge in [0.25, 0.3) is 5.69 Å². The SMILES string of the molecule is O=C(Oc1ccc2c(c1)OCO2)c1cc([N+](=O)[O-])ccc1Cl. The third-order valence-corrected chi connectivity index (χ3v) is 3.26. The molecule has 0 radical (unpaired) electrons. The molecule has 3 rings (SSSR count). The number of esters is 1. The zero-order valence-corrected chi connectivity index (χ0v) is 11.7. The van der Waals surface area contributed by atoms with Crippen molar-refractivity contribution in [1.29, 1.82) is 0 Å². The molecule has 0 atom stereocenters. The van der Waals surface area contributed by atoms with Crippen molar-refractivity contribution in [2.24, 2.45) is 0 Å². The monoisotopic (exact) mass is 321 g/mol. The Kier molecular flexibility index (Phi) is 3.56. The van der Waals surface area contributed by atoms with E-state index in [1.165, 1.54) is 24.3 Å². The third-order valence-electron chi connectivity index (χ3n) is 2.94. The maximum atomic E-state index is 12.1. The second-order valence-electron chi connectivity index (χ2n) is 4.33. The van der Waals surface area contributed by atoms with Crippen molar-refractivity contribution in [1.82, 2.24) is 0 Å². The Morgan fingerprint density at radius 1 is 1.18 bits per heavy atom. The molecule has 0 aliphatic carbocycles. The minimum absolute atomic E-state index is 0.0661. The largest absolute Gasteiger partial charge is 0.454 e. The van der Waals surface area contributed by atoms with E-state index in [1.54, 1.807) is 6.07 Å². The fourth-order valence-corrected chi connectivity index (χ4v) is 2.08. The van der Waals surface area contributed by atoms with Crippen molar-refractivity contribution >= 4 is 23.3 Å². The van der Waals surface area contributed by atoms with Gasteiger partial charge in [0.1, 0.15) is 5.75 Å². The summed E-state index contributed by atoms with van der Waals surface area (Å²) in [6, 6.07) is 8.16. The van der Waals surface area contributed by atoms with Gasteiger partial charge in [-0.25, -0.2) is 4.79 Å². The van der Waals surface area contributed by atoms with E-state index in [0.717, 1.165) is 6.07 Å². The molecule has 0 amide bonds. The number of halogens is 1. The number of nitro groups is 1. The lowest BCUT2D eigenvalue weighted by Gasteiger charge is -2.06. The van der Waals surface area contributed by atoms with Gasteiger partial charge >= 0.3 is 5.97 Å². The average Bonchev–Trinajstić information content (AvgIpc) is 2.94. The first-order valence-corrected chi connectivity index (χ1v) is 6.48. The maximum absolute atomic E-state index is 12.1. The van der Waals surface area contributed by atoms with Crippen molar-refractivity contribution in [3.63, 3.8) is 0 Å². The van der Waals surface area contributed by atoms with E-state index in [4.69, 9.17) is 25.8 Å². The number of rotatable bonds is 3. The molecule has 112 valence electrons. The number of fused-ring (bicyclic) bond motifs is 1. The van der Waals surface area contributed by atoms with E-state index >= 15 is 0 Å². The van der Waals surface area contributed by atoms with Crippen molar-refractivity contribution in [3.05, 3.63) is 57.1 Å². The summed E-state index contributed by atoms with van der Waals surface area (Å²) in [5, 5.41) is 10.8. The quantitative estimate of drug-likeness (QED) is 0.373.